The fraction of sp³-hybridized carbons (Fsp3) is 0.500. The minimum Gasteiger partial charge on any atom is -0.478 e. The molecule has 2 heterocycles. The molecule has 0 saturated carbocycles. The van der Waals surface area contributed by atoms with Crippen LogP contribution in [0.15, 0.2) is 16.9 Å². The molecule has 0 aliphatic rings. The van der Waals surface area contributed by atoms with Crippen LogP contribution in [0.3, 0.4) is 0 Å². The van der Waals surface area contributed by atoms with Gasteiger partial charge in [0.15, 0.2) is 0 Å². The summed E-state index contributed by atoms with van der Waals surface area (Å²) in [7, 11) is 0. The Balaban J connectivity index is 2.08. The van der Waals surface area contributed by atoms with E-state index >= 15 is 0 Å². The fourth-order valence-electron chi connectivity index (χ4n) is 1.98. The number of hydrogen-bond acceptors (Lipinski definition) is 6. The summed E-state index contributed by atoms with van der Waals surface area (Å²) in [5.41, 5.74) is 2.11. The smallest absolute Gasteiger partial charge is 0.218 e. The Hall–Kier alpha value is -2.11. The van der Waals surface area contributed by atoms with Crippen molar-refractivity contribution in [1.82, 2.24) is 15.1 Å². The quantitative estimate of drug-likeness (QED) is 0.838. The fourth-order valence-corrected chi connectivity index (χ4v) is 1.98. The highest BCUT2D eigenvalue weighted by Crippen LogP contribution is 2.18. The van der Waals surface area contributed by atoms with Crippen molar-refractivity contribution in [3.63, 3.8) is 0 Å². The molecule has 2 aromatic heterocycles. The third kappa shape index (κ3) is 3.26. The van der Waals surface area contributed by atoms with Crippen LogP contribution in [-0.4, -0.2) is 21.7 Å². The zero-order valence-corrected chi connectivity index (χ0v) is 12.1. The molecule has 0 saturated heterocycles. The van der Waals surface area contributed by atoms with Crippen LogP contribution in [0, 0.1) is 0 Å². The van der Waals surface area contributed by atoms with Crippen LogP contribution in [0.25, 0.3) is 0 Å². The lowest BCUT2D eigenvalue weighted by atomic mass is 10.1. The van der Waals surface area contributed by atoms with Gasteiger partial charge < -0.3 is 14.6 Å². The molecule has 2 rings (SSSR count). The highest BCUT2D eigenvalue weighted by Gasteiger charge is 2.13. The van der Waals surface area contributed by atoms with E-state index in [9.17, 15) is 0 Å². The Labute approximate surface area is 118 Å². The molecule has 0 aliphatic heterocycles. The average Bonchev–Trinajstić information content (AvgIpc) is 2.88. The Morgan fingerprint density at radius 3 is 2.75 bits per heavy atom. The minimum atomic E-state index is 0.571. The third-order valence-corrected chi connectivity index (χ3v) is 2.99. The molecule has 0 atom stereocenters. The number of hydrogen-bond donors (Lipinski definition) is 1. The second kappa shape index (κ2) is 6.88. The zero-order valence-electron chi connectivity index (χ0n) is 12.1. The van der Waals surface area contributed by atoms with E-state index in [2.05, 4.69) is 34.3 Å². The lowest BCUT2D eigenvalue weighted by Crippen LogP contribution is -2.05. The van der Waals surface area contributed by atoms with Gasteiger partial charge in [-0.05, 0) is 13.3 Å². The first-order chi connectivity index (χ1) is 9.78. The van der Waals surface area contributed by atoms with E-state index in [0.717, 1.165) is 35.7 Å². The van der Waals surface area contributed by atoms with E-state index in [1.165, 1.54) is 6.33 Å². The molecule has 0 aromatic carbocycles. The maximum Gasteiger partial charge on any atom is 0.218 e. The van der Waals surface area contributed by atoms with Gasteiger partial charge in [-0.2, -0.15) is 0 Å². The van der Waals surface area contributed by atoms with E-state index in [4.69, 9.17) is 9.26 Å². The molecule has 0 radical (unpaired) electrons. The Bertz CT molecular complexity index is 532. The Morgan fingerprint density at radius 2 is 2.05 bits per heavy atom. The van der Waals surface area contributed by atoms with Gasteiger partial charge >= 0.3 is 0 Å². The Morgan fingerprint density at radius 1 is 1.20 bits per heavy atom. The van der Waals surface area contributed by atoms with Gasteiger partial charge in [-0.25, -0.2) is 9.97 Å². The maximum absolute atomic E-state index is 5.35. The van der Waals surface area contributed by atoms with Crippen LogP contribution in [0.5, 0.6) is 5.88 Å². The summed E-state index contributed by atoms with van der Waals surface area (Å²) in [6.45, 7) is 7.27. The minimum absolute atomic E-state index is 0.571. The molecular formula is C14H20N4O2. The predicted octanol–water partition coefficient (Wildman–Crippen LogP) is 2.60. The lowest BCUT2D eigenvalue weighted by Gasteiger charge is -2.07. The van der Waals surface area contributed by atoms with Crippen LogP contribution in [0.4, 0.5) is 5.82 Å². The van der Waals surface area contributed by atoms with Crippen molar-refractivity contribution in [2.75, 3.05) is 11.9 Å². The average molecular weight is 276 g/mol. The van der Waals surface area contributed by atoms with Crippen LogP contribution < -0.4 is 10.1 Å². The van der Waals surface area contributed by atoms with Crippen molar-refractivity contribution < 1.29 is 9.26 Å². The van der Waals surface area contributed by atoms with Crippen molar-refractivity contribution in [2.45, 2.75) is 40.2 Å². The van der Waals surface area contributed by atoms with Crippen LogP contribution in [0.2, 0.25) is 0 Å². The molecule has 6 nitrogen and oxygen atoms in total. The SMILES string of the molecule is CCOc1cc(NCc2c(CC)noc2CC)ncn1. The van der Waals surface area contributed by atoms with Gasteiger partial charge in [0.05, 0.1) is 12.3 Å². The number of nitrogens with one attached hydrogen (secondary N) is 1. The first-order valence-corrected chi connectivity index (χ1v) is 6.93. The number of nitrogens with zero attached hydrogens (tertiary/aromatic N) is 3. The molecule has 108 valence electrons. The molecule has 0 unspecified atom stereocenters. The summed E-state index contributed by atoms with van der Waals surface area (Å²) < 4.78 is 10.7. The summed E-state index contributed by atoms with van der Waals surface area (Å²) in [6.07, 6.45) is 3.18. The van der Waals surface area contributed by atoms with E-state index in [-0.39, 0.29) is 0 Å². The third-order valence-electron chi connectivity index (χ3n) is 2.99. The van der Waals surface area contributed by atoms with Gasteiger partial charge in [-0.15, -0.1) is 0 Å². The molecule has 0 amide bonds. The molecule has 1 N–H and O–H groups in total. The topological polar surface area (TPSA) is 73.1 Å². The number of aryl methyl sites for hydroxylation is 2. The monoisotopic (exact) mass is 276 g/mol. The van der Waals surface area contributed by atoms with Gasteiger partial charge in [-0.3, -0.25) is 0 Å². The van der Waals surface area contributed by atoms with Crippen molar-refractivity contribution in [1.29, 1.82) is 0 Å². The normalized spacial score (nSPS) is 10.6. The van der Waals surface area contributed by atoms with Crippen molar-refractivity contribution in [3.8, 4) is 5.88 Å². The van der Waals surface area contributed by atoms with Crippen molar-refractivity contribution in [3.05, 3.63) is 29.4 Å². The molecule has 0 spiro atoms. The number of anilines is 1. The lowest BCUT2D eigenvalue weighted by molar-refractivity contribution is 0.326. The second-order valence-electron chi connectivity index (χ2n) is 4.27. The van der Waals surface area contributed by atoms with Gasteiger partial charge in [0.25, 0.3) is 0 Å². The molecule has 0 aliphatic carbocycles. The first kappa shape index (κ1) is 14.3. The zero-order chi connectivity index (χ0) is 14.4. The second-order valence-corrected chi connectivity index (χ2v) is 4.27. The van der Waals surface area contributed by atoms with Crippen LogP contribution in [-0.2, 0) is 19.4 Å². The molecule has 0 bridgehead atoms. The van der Waals surface area contributed by atoms with Crippen molar-refractivity contribution in [2.24, 2.45) is 0 Å². The van der Waals surface area contributed by atoms with E-state index in [1.54, 1.807) is 6.07 Å². The highest BCUT2D eigenvalue weighted by molar-refractivity contribution is 5.39. The van der Waals surface area contributed by atoms with Crippen LogP contribution in [0.1, 0.15) is 37.8 Å². The van der Waals surface area contributed by atoms with Gasteiger partial charge in [-0.1, -0.05) is 19.0 Å². The number of ether oxygens (including phenoxy) is 1. The summed E-state index contributed by atoms with van der Waals surface area (Å²) in [4.78, 5) is 8.22. The van der Waals surface area contributed by atoms with Gasteiger partial charge in [0, 0.05) is 24.6 Å². The summed E-state index contributed by atoms with van der Waals surface area (Å²) in [6, 6.07) is 1.79. The van der Waals surface area contributed by atoms with E-state index in [1.807, 2.05) is 6.92 Å². The summed E-state index contributed by atoms with van der Waals surface area (Å²) in [5.74, 6) is 2.23. The predicted molar refractivity (Wildman–Crippen MR) is 75.8 cm³/mol. The van der Waals surface area contributed by atoms with Crippen LogP contribution >= 0.6 is 0 Å². The van der Waals surface area contributed by atoms with E-state index in [0.29, 0.717) is 19.0 Å². The largest absolute Gasteiger partial charge is 0.478 e. The standard InChI is InChI=1S/C14H20N4O2/c1-4-11-10(12(5-2)20-18-11)8-15-13-7-14(19-6-3)17-9-16-13/h7,9H,4-6,8H2,1-3H3,(H,15,16,17). The number of rotatable bonds is 7. The Kier molecular flexibility index (Phi) is 4.92. The highest BCUT2D eigenvalue weighted by atomic mass is 16.5. The van der Waals surface area contributed by atoms with E-state index < -0.39 is 0 Å². The summed E-state index contributed by atoms with van der Waals surface area (Å²) in [5, 5.41) is 7.36. The molecular weight excluding hydrogens is 256 g/mol. The van der Waals surface area contributed by atoms with Gasteiger partial charge in [0.1, 0.15) is 17.9 Å². The first-order valence-electron chi connectivity index (χ1n) is 6.93. The van der Waals surface area contributed by atoms with Crippen molar-refractivity contribution >= 4 is 5.82 Å². The molecule has 2 aromatic rings. The van der Waals surface area contributed by atoms with Gasteiger partial charge in [0.2, 0.25) is 5.88 Å². The molecule has 0 fully saturated rings. The molecule has 20 heavy (non-hydrogen) atoms. The maximum atomic E-state index is 5.35. The summed E-state index contributed by atoms with van der Waals surface area (Å²) >= 11 is 0. The number of aromatic nitrogens is 3. The molecule has 6 heteroatoms.